The fraction of sp³-hybridized carbons (Fsp3) is 0.500. The molecular weight excluding hydrogens is 278 g/mol. The third-order valence-corrected chi connectivity index (χ3v) is 4.72. The molecule has 1 aliphatic rings. The van der Waals surface area contributed by atoms with Gasteiger partial charge in [-0.25, -0.2) is 8.42 Å². The van der Waals surface area contributed by atoms with Gasteiger partial charge in [0, 0.05) is 18.4 Å². The molecule has 0 aromatic heterocycles. The van der Waals surface area contributed by atoms with E-state index in [1.54, 1.807) is 17.0 Å². The second kappa shape index (κ2) is 5.93. The van der Waals surface area contributed by atoms with Gasteiger partial charge in [-0.1, -0.05) is 6.07 Å². The van der Waals surface area contributed by atoms with Gasteiger partial charge in [-0.2, -0.15) is 0 Å². The molecule has 110 valence electrons. The van der Waals surface area contributed by atoms with E-state index in [9.17, 15) is 18.3 Å². The summed E-state index contributed by atoms with van der Waals surface area (Å²) < 4.78 is 23.1. The fourth-order valence-corrected chi connectivity index (χ4v) is 3.15. The van der Waals surface area contributed by atoms with E-state index in [-0.39, 0.29) is 23.5 Å². The molecule has 1 atom stereocenters. The topological polar surface area (TPSA) is 74.7 Å². The summed E-state index contributed by atoms with van der Waals surface area (Å²) in [5.41, 5.74) is 0.355. The van der Waals surface area contributed by atoms with Gasteiger partial charge < -0.3 is 10.0 Å². The molecule has 0 spiro atoms. The molecule has 1 unspecified atom stereocenters. The number of likely N-dealkylation sites (tertiary alicyclic amines) is 1. The SMILES string of the molecule is CS(=O)(=O)c1cccc(C(=O)N2CCCCC2CO)c1. The lowest BCUT2D eigenvalue weighted by atomic mass is 10.0. The smallest absolute Gasteiger partial charge is 0.254 e. The first-order valence-electron chi connectivity index (χ1n) is 6.65. The minimum Gasteiger partial charge on any atom is -0.394 e. The van der Waals surface area contributed by atoms with Crippen LogP contribution < -0.4 is 0 Å². The van der Waals surface area contributed by atoms with Crippen molar-refractivity contribution in [3.8, 4) is 0 Å². The molecule has 1 N–H and O–H groups in total. The molecule has 1 saturated heterocycles. The Labute approximate surface area is 119 Å². The summed E-state index contributed by atoms with van der Waals surface area (Å²) in [6.45, 7) is 0.546. The molecular formula is C14H19NO4S. The van der Waals surface area contributed by atoms with Gasteiger partial charge >= 0.3 is 0 Å². The molecule has 6 heteroatoms. The summed E-state index contributed by atoms with van der Waals surface area (Å²) in [6, 6.07) is 5.90. The number of benzene rings is 1. The van der Waals surface area contributed by atoms with Gasteiger partial charge in [0.05, 0.1) is 17.5 Å². The van der Waals surface area contributed by atoms with Crippen LogP contribution >= 0.6 is 0 Å². The van der Waals surface area contributed by atoms with Crippen molar-refractivity contribution in [3.05, 3.63) is 29.8 Å². The predicted molar refractivity (Wildman–Crippen MR) is 75.3 cm³/mol. The van der Waals surface area contributed by atoms with E-state index in [0.29, 0.717) is 12.1 Å². The van der Waals surface area contributed by atoms with Crippen molar-refractivity contribution < 1.29 is 18.3 Å². The second-order valence-electron chi connectivity index (χ2n) is 5.13. The highest BCUT2D eigenvalue weighted by Gasteiger charge is 2.27. The van der Waals surface area contributed by atoms with Crippen molar-refractivity contribution in [1.29, 1.82) is 0 Å². The average Bonchev–Trinajstić information content (AvgIpc) is 2.45. The van der Waals surface area contributed by atoms with Crippen molar-refractivity contribution >= 4 is 15.7 Å². The lowest BCUT2D eigenvalue weighted by molar-refractivity contribution is 0.0503. The van der Waals surface area contributed by atoms with E-state index in [1.807, 2.05) is 0 Å². The number of aliphatic hydroxyl groups excluding tert-OH is 1. The maximum absolute atomic E-state index is 12.5. The minimum atomic E-state index is -3.33. The Bertz CT molecular complexity index is 597. The van der Waals surface area contributed by atoms with Crippen molar-refractivity contribution in [2.24, 2.45) is 0 Å². The maximum atomic E-state index is 12.5. The van der Waals surface area contributed by atoms with Crippen LogP contribution in [-0.4, -0.2) is 49.8 Å². The summed E-state index contributed by atoms with van der Waals surface area (Å²) in [4.78, 5) is 14.3. The van der Waals surface area contributed by atoms with Gasteiger partial charge in [-0.05, 0) is 37.5 Å². The average molecular weight is 297 g/mol. The quantitative estimate of drug-likeness (QED) is 0.906. The first-order valence-corrected chi connectivity index (χ1v) is 8.54. The Morgan fingerprint density at radius 3 is 2.80 bits per heavy atom. The molecule has 1 heterocycles. The number of carbonyl (C=O) groups excluding carboxylic acids is 1. The highest BCUT2D eigenvalue weighted by molar-refractivity contribution is 7.90. The maximum Gasteiger partial charge on any atom is 0.254 e. The normalized spacial score (nSPS) is 19.9. The van der Waals surface area contributed by atoms with Crippen LogP contribution in [0.1, 0.15) is 29.6 Å². The number of sulfone groups is 1. The highest BCUT2D eigenvalue weighted by atomic mass is 32.2. The number of aliphatic hydroxyl groups is 1. The number of amides is 1. The molecule has 1 amide bonds. The number of nitrogens with zero attached hydrogens (tertiary/aromatic N) is 1. The number of rotatable bonds is 3. The molecule has 1 aromatic rings. The van der Waals surface area contributed by atoms with Gasteiger partial charge in [-0.3, -0.25) is 4.79 Å². The van der Waals surface area contributed by atoms with Crippen LogP contribution in [0.25, 0.3) is 0 Å². The third-order valence-electron chi connectivity index (χ3n) is 3.61. The van der Waals surface area contributed by atoms with Crippen LogP contribution in [0.3, 0.4) is 0 Å². The Balaban J connectivity index is 2.29. The Kier molecular flexibility index (Phi) is 4.45. The zero-order valence-corrected chi connectivity index (χ0v) is 12.3. The van der Waals surface area contributed by atoms with Gasteiger partial charge in [0.25, 0.3) is 5.91 Å². The summed E-state index contributed by atoms with van der Waals surface area (Å²) in [6.07, 6.45) is 3.81. The van der Waals surface area contributed by atoms with Gasteiger partial charge in [-0.15, -0.1) is 0 Å². The molecule has 5 nitrogen and oxygen atoms in total. The zero-order chi connectivity index (χ0) is 14.8. The van der Waals surface area contributed by atoms with Gasteiger partial charge in [0.2, 0.25) is 0 Å². The lowest BCUT2D eigenvalue weighted by Crippen LogP contribution is -2.45. The zero-order valence-electron chi connectivity index (χ0n) is 11.4. The highest BCUT2D eigenvalue weighted by Crippen LogP contribution is 2.20. The number of hydrogen-bond donors (Lipinski definition) is 1. The Morgan fingerprint density at radius 1 is 1.40 bits per heavy atom. The molecule has 1 aromatic carbocycles. The summed E-state index contributed by atoms with van der Waals surface area (Å²) in [7, 11) is -3.33. The van der Waals surface area contributed by atoms with Crippen LogP contribution in [0.5, 0.6) is 0 Å². The van der Waals surface area contributed by atoms with Gasteiger partial charge in [0.1, 0.15) is 0 Å². The van der Waals surface area contributed by atoms with Crippen LogP contribution in [0, 0.1) is 0 Å². The molecule has 0 radical (unpaired) electrons. The van der Waals surface area contributed by atoms with E-state index >= 15 is 0 Å². The lowest BCUT2D eigenvalue weighted by Gasteiger charge is -2.34. The van der Waals surface area contributed by atoms with E-state index in [2.05, 4.69) is 0 Å². The largest absolute Gasteiger partial charge is 0.394 e. The standard InChI is InChI=1S/C14H19NO4S/c1-20(18,19)13-7-4-5-11(9-13)14(17)15-8-3-2-6-12(15)10-16/h4-5,7,9,12,16H,2-3,6,8,10H2,1H3. The number of hydrogen-bond acceptors (Lipinski definition) is 4. The van der Waals surface area contributed by atoms with E-state index in [1.165, 1.54) is 12.1 Å². The second-order valence-corrected chi connectivity index (χ2v) is 7.15. The summed E-state index contributed by atoms with van der Waals surface area (Å²) in [5.74, 6) is -0.214. The molecule has 1 fully saturated rings. The summed E-state index contributed by atoms with van der Waals surface area (Å²) >= 11 is 0. The van der Waals surface area contributed by atoms with Gasteiger partial charge in [0.15, 0.2) is 9.84 Å². The van der Waals surface area contributed by atoms with Crippen LogP contribution in [0.2, 0.25) is 0 Å². The van der Waals surface area contributed by atoms with Crippen molar-refractivity contribution in [2.45, 2.75) is 30.2 Å². The van der Waals surface area contributed by atoms with E-state index in [4.69, 9.17) is 0 Å². The Morgan fingerprint density at radius 2 is 2.15 bits per heavy atom. The molecule has 0 saturated carbocycles. The first-order chi connectivity index (χ1) is 9.43. The fourth-order valence-electron chi connectivity index (χ4n) is 2.48. The third kappa shape index (κ3) is 3.19. The van der Waals surface area contributed by atoms with Crippen LogP contribution in [-0.2, 0) is 9.84 Å². The van der Waals surface area contributed by atoms with Crippen molar-refractivity contribution in [3.63, 3.8) is 0 Å². The molecule has 0 aliphatic carbocycles. The number of carbonyl (C=O) groups is 1. The van der Waals surface area contributed by atoms with Crippen molar-refractivity contribution in [1.82, 2.24) is 4.90 Å². The number of piperidine rings is 1. The minimum absolute atomic E-state index is 0.0580. The molecule has 2 rings (SSSR count). The first kappa shape index (κ1) is 15.0. The van der Waals surface area contributed by atoms with Crippen molar-refractivity contribution in [2.75, 3.05) is 19.4 Å². The molecule has 20 heavy (non-hydrogen) atoms. The van der Waals surface area contributed by atoms with Crippen LogP contribution in [0.4, 0.5) is 0 Å². The predicted octanol–water partition coefficient (Wildman–Crippen LogP) is 1.08. The molecule has 1 aliphatic heterocycles. The van der Waals surface area contributed by atoms with E-state index < -0.39 is 9.84 Å². The summed E-state index contributed by atoms with van der Waals surface area (Å²) in [5, 5.41) is 9.35. The van der Waals surface area contributed by atoms with Crippen LogP contribution in [0.15, 0.2) is 29.2 Å². The monoisotopic (exact) mass is 297 g/mol. The van der Waals surface area contributed by atoms with E-state index in [0.717, 1.165) is 25.5 Å². The molecule has 0 bridgehead atoms. The Hall–Kier alpha value is -1.40.